The molecule has 134 valence electrons. The van der Waals surface area contributed by atoms with E-state index in [9.17, 15) is 9.59 Å². The molecule has 0 radical (unpaired) electrons. The molecule has 0 N–H and O–H groups in total. The summed E-state index contributed by atoms with van der Waals surface area (Å²) < 4.78 is 18.2. The number of rotatable bonds is 5. The molecule has 0 spiro atoms. The van der Waals surface area contributed by atoms with Gasteiger partial charge in [0.05, 0.1) is 0 Å². The molecular formula is C20H21O5Tl. The third kappa shape index (κ3) is 3.77. The van der Waals surface area contributed by atoms with Crippen molar-refractivity contribution in [2.45, 2.75) is 27.7 Å². The Hall–Kier alpha value is -1.90. The van der Waals surface area contributed by atoms with Gasteiger partial charge in [0.2, 0.25) is 0 Å². The van der Waals surface area contributed by atoms with Gasteiger partial charge in [0, 0.05) is 0 Å². The quantitative estimate of drug-likeness (QED) is 0.458. The fourth-order valence-corrected chi connectivity index (χ4v) is 10.7. The van der Waals surface area contributed by atoms with Crippen molar-refractivity contribution in [1.29, 1.82) is 0 Å². The van der Waals surface area contributed by atoms with Crippen molar-refractivity contribution in [2.75, 3.05) is 0 Å². The number of benzene rings is 2. The fraction of sp³-hybridized carbons (Fsp3) is 0.300. The van der Waals surface area contributed by atoms with E-state index in [0.717, 1.165) is 19.5 Å². The number of fused-ring (bicyclic) bond motifs is 3. The van der Waals surface area contributed by atoms with Crippen molar-refractivity contribution in [1.82, 2.24) is 0 Å². The van der Waals surface area contributed by atoms with E-state index in [0.29, 0.717) is 5.58 Å². The molecule has 26 heavy (non-hydrogen) atoms. The summed E-state index contributed by atoms with van der Waals surface area (Å²) in [5.74, 6) is -1.23. The van der Waals surface area contributed by atoms with Crippen molar-refractivity contribution >= 4 is 60.6 Å². The summed E-state index contributed by atoms with van der Waals surface area (Å²) in [6.07, 6.45) is 0. The van der Waals surface area contributed by atoms with Crippen LogP contribution in [0.25, 0.3) is 21.9 Å². The second-order valence-electron chi connectivity index (χ2n) is 6.83. The Bertz CT molecular complexity index is 935. The van der Waals surface area contributed by atoms with Crippen LogP contribution < -0.4 is 3.12 Å². The van der Waals surface area contributed by atoms with Crippen LogP contribution in [0.4, 0.5) is 0 Å². The maximum atomic E-state index is 12.2. The molecule has 0 saturated carbocycles. The Kier molecular flexibility index (Phi) is 5.64. The minimum absolute atomic E-state index is 0.282. The van der Waals surface area contributed by atoms with Gasteiger partial charge in [-0.1, -0.05) is 0 Å². The average Bonchev–Trinajstić information content (AvgIpc) is 2.99. The van der Waals surface area contributed by atoms with Gasteiger partial charge >= 0.3 is 162 Å². The molecule has 0 bridgehead atoms. The van der Waals surface area contributed by atoms with E-state index in [1.807, 2.05) is 42.5 Å². The SMILES string of the molecule is CC(C)C(=O)[O][Tl]([O]C(=O)C(C)C)[c]1cccc2oc3ccccc3c12. The zero-order valence-corrected chi connectivity index (χ0v) is 19.8. The van der Waals surface area contributed by atoms with E-state index in [-0.39, 0.29) is 23.8 Å². The summed E-state index contributed by atoms with van der Waals surface area (Å²) >= 11 is -3.81. The molecule has 5 nitrogen and oxygen atoms in total. The monoisotopic (exact) mass is 546 g/mol. The van der Waals surface area contributed by atoms with E-state index in [4.69, 9.17) is 9.79 Å². The summed E-state index contributed by atoms with van der Waals surface area (Å²) in [7, 11) is 0. The Balaban J connectivity index is 2.13. The van der Waals surface area contributed by atoms with Gasteiger partial charge in [0.25, 0.3) is 0 Å². The first-order valence-corrected chi connectivity index (χ1v) is 14.6. The van der Waals surface area contributed by atoms with Gasteiger partial charge in [-0.25, -0.2) is 0 Å². The number of hydrogen-bond donors (Lipinski definition) is 0. The molecule has 1 aromatic heterocycles. The molecule has 0 aliphatic heterocycles. The first kappa shape index (κ1) is 18.9. The summed E-state index contributed by atoms with van der Waals surface area (Å²) in [6, 6.07) is 13.3. The molecule has 1 heterocycles. The molecule has 3 aromatic rings. The molecule has 0 atom stereocenters. The molecule has 6 heteroatoms. The van der Waals surface area contributed by atoms with Crippen LogP contribution in [0.3, 0.4) is 0 Å². The Morgan fingerprint density at radius 3 is 2.04 bits per heavy atom. The number of hydrogen-bond acceptors (Lipinski definition) is 5. The van der Waals surface area contributed by atoms with Crippen LogP contribution in [0.2, 0.25) is 0 Å². The van der Waals surface area contributed by atoms with Crippen LogP contribution >= 0.6 is 0 Å². The zero-order valence-electron chi connectivity index (χ0n) is 15.3. The van der Waals surface area contributed by atoms with E-state index < -0.39 is 23.6 Å². The molecular weight excluding hydrogens is 525 g/mol. The number of carbonyl (C=O) groups is 2. The summed E-state index contributed by atoms with van der Waals surface area (Å²) in [5.41, 5.74) is 1.46. The van der Waals surface area contributed by atoms with Crippen molar-refractivity contribution < 1.29 is 19.4 Å². The second kappa shape index (κ2) is 7.77. The average molecular weight is 546 g/mol. The predicted molar refractivity (Wildman–Crippen MR) is 101 cm³/mol. The molecule has 0 aliphatic carbocycles. The third-order valence-corrected chi connectivity index (χ3v) is 11.4. The Morgan fingerprint density at radius 2 is 1.42 bits per heavy atom. The van der Waals surface area contributed by atoms with Crippen molar-refractivity contribution in [3.63, 3.8) is 0 Å². The summed E-state index contributed by atoms with van der Waals surface area (Å²) in [4.78, 5) is 24.5. The topological polar surface area (TPSA) is 65.7 Å². The summed E-state index contributed by atoms with van der Waals surface area (Å²) in [5, 5.41) is 1.81. The minimum atomic E-state index is -3.81. The molecule has 0 fully saturated rings. The van der Waals surface area contributed by atoms with Crippen LogP contribution in [0, 0.1) is 11.8 Å². The number of para-hydroxylation sites is 1. The van der Waals surface area contributed by atoms with E-state index in [2.05, 4.69) is 0 Å². The van der Waals surface area contributed by atoms with E-state index >= 15 is 0 Å². The van der Waals surface area contributed by atoms with Gasteiger partial charge in [-0.15, -0.1) is 0 Å². The first-order chi connectivity index (χ1) is 12.4. The fourth-order valence-electron chi connectivity index (χ4n) is 2.63. The standard InChI is InChI=1S/C12H7O.2C4H8O2.Tl/c1-3-7-11-9(5-1)10-6-2-4-8-12(10)13-11;2*1-3(2)4(5)6;/h1-5,7-8H;2*3H,1-2H3,(H,5,6);/q;;;+2/p-2. The number of furan rings is 1. The normalized spacial score (nSPS) is 11.3. The van der Waals surface area contributed by atoms with Crippen LogP contribution in [-0.2, 0) is 15.0 Å². The molecule has 0 aliphatic rings. The molecule has 2 aromatic carbocycles. The predicted octanol–water partition coefficient (Wildman–Crippen LogP) is 3.68. The second-order valence-corrected chi connectivity index (χ2v) is 13.7. The molecule has 0 amide bonds. The zero-order chi connectivity index (χ0) is 18.8. The van der Waals surface area contributed by atoms with Gasteiger partial charge < -0.3 is 0 Å². The van der Waals surface area contributed by atoms with Crippen LogP contribution in [-0.4, -0.2) is 35.5 Å². The van der Waals surface area contributed by atoms with Gasteiger partial charge in [-0.3, -0.25) is 0 Å². The van der Waals surface area contributed by atoms with Crippen molar-refractivity contribution in [3.05, 3.63) is 42.5 Å². The van der Waals surface area contributed by atoms with Gasteiger partial charge in [0.15, 0.2) is 0 Å². The van der Waals surface area contributed by atoms with Crippen LogP contribution in [0.15, 0.2) is 46.9 Å². The van der Waals surface area contributed by atoms with Crippen molar-refractivity contribution in [2.24, 2.45) is 11.8 Å². The van der Waals surface area contributed by atoms with Crippen LogP contribution in [0.5, 0.6) is 0 Å². The molecule has 0 saturated heterocycles. The van der Waals surface area contributed by atoms with Gasteiger partial charge in [0.1, 0.15) is 0 Å². The third-order valence-electron chi connectivity index (χ3n) is 4.08. The van der Waals surface area contributed by atoms with Crippen molar-refractivity contribution in [3.8, 4) is 0 Å². The van der Waals surface area contributed by atoms with E-state index in [1.165, 1.54) is 0 Å². The van der Waals surface area contributed by atoms with Crippen LogP contribution in [0.1, 0.15) is 27.7 Å². The first-order valence-electron chi connectivity index (χ1n) is 8.69. The Morgan fingerprint density at radius 1 is 0.846 bits per heavy atom. The number of carbonyl (C=O) groups excluding carboxylic acids is 2. The van der Waals surface area contributed by atoms with Gasteiger partial charge in [-0.2, -0.15) is 0 Å². The molecule has 0 unspecified atom stereocenters. The molecule has 3 rings (SSSR count). The van der Waals surface area contributed by atoms with E-state index in [1.54, 1.807) is 27.7 Å². The van der Waals surface area contributed by atoms with Gasteiger partial charge in [-0.05, 0) is 0 Å². The maximum absolute atomic E-state index is 12.2. The summed E-state index contributed by atoms with van der Waals surface area (Å²) in [6.45, 7) is 7.08. The Labute approximate surface area is 161 Å².